The Morgan fingerprint density at radius 3 is 2.56 bits per heavy atom. The zero-order valence-electron chi connectivity index (χ0n) is 13.1. The molecular formula is C19H15ClN2O3. The first kappa shape index (κ1) is 16.9. The summed E-state index contributed by atoms with van der Waals surface area (Å²) >= 11 is 5.73. The number of hydrogen-bond acceptors (Lipinski definition) is 3. The maximum absolute atomic E-state index is 12.6. The minimum atomic E-state index is -1.11. The largest absolute Gasteiger partial charge is 0.480 e. The number of carbonyl (C=O) groups excluding carboxylic acids is 1. The SMILES string of the molecule is O=C(N[C@H](Cc1ccc(Cl)nc1)C(=O)O)c1cccc2ccccc12. The van der Waals surface area contributed by atoms with Crippen LogP contribution in [0.25, 0.3) is 10.8 Å². The van der Waals surface area contributed by atoms with E-state index in [-0.39, 0.29) is 6.42 Å². The van der Waals surface area contributed by atoms with Gasteiger partial charge in [0, 0.05) is 18.2 Å². The van der Waals surface area contributed by atoms with Gasteiger partial charge in [-0.05, 0) is 28.5 Å². The van der Waals surface area contributed by atoms with Crippen LogP contribution in [0.15, 0.2) is 60.8 Å². The van der Waals surface area contributed by atoms with E-state index in [0.717, 1.165) is 10.8 Å². The quantitative estimate of drug-likeness (QED) is 0.689. The van der Waals surface area contributed by atoms with Crippen LogP contribution in [0.3, 0.4) is 0 Å². The molecule has 3 aromatic rings. The highest BCUT2D eigenvalue weighted by molar-refractivity contribution is 6.29. The van der Waals surface area contributed by atoms with Crippen LogP contribution in [0.1, 0.15) is 15.9 Å². The number of carbonyl (C=O) groups is 2. The molecule has 0 aliphatic rings. The Balaban J connectivity index is 1.83. The number of carboxylic acid groups (broad SMARTS) is 1. The van der Waals surface area contributed by atoms with Gasteiger partial charge in [0.2, 0.25) is 0 Å². The molecule has 5 nitrogen and oxygen atoms in total. The average Bonchev–Trinajstić information content (AvgIpc) is 2.62. The van der Waals surface area contributed by atoms with E-state index in [1.165, 1.54) is 6.20 Å². The minimum absolute atomic E-state index is 0.121. The molecule has 1 amide bonds. The molecule has 0 aliphatic carbocycles. The molecule has 0 saturated heterocycles. The number of hydrogen-bond donors (Lipinski definition) is 2. The molecule has 0 unspecified atom stereocenters. The molecule has 2 N–H and O–H groups in total. The van der Waals surface area contributed by atoms with Crippen molar-refractivity contribution in [2.75, 3.05) is 0 Å². The predicted octanol–water partition coefficient (Wildman–Crippen LogP) is 3.31. The predicted molar refractivity (Wildman–Crippen MR) is 95.8 cm³/mol. The summed E-state index contributed by atoms with van der Waals surface area (Å²) in [5.74, 6) is -1.53. The van der Waals surface area contributed by atoms with E-state index < -0.39 is 17.9 Å². The van der Waals surface area contributed by atoms with Crippen LogP contribution in [0.4, 0.5) is 0 Å². The molecule has 1 heterocycles. The van der Waals surface area contributed by atoms with Gasteiger partial charge in [-0.25, -0.2) is 9.78 Å². The van der Waals surface area contributed by atoms with Crippen molar-refractivity contribution in [2.45, 2.75) is 12.5 Å². The normalized spacial score (nSPS) is 11.9. The van der Waals surface area contributed by atoms with Gasteiger partial charge in [0.15, 0.2) is 0 Å². The number of nitrogens with zero attached hydrogens (tertiary/aromatic N) is 1. The summed E-state index contributed by atoms with van der Waals surface area (Å²) < 4.78 is 0. The number of rotatable bonds is 5. The van der Waals surface area contributed by atoms with E-state index in [1.54, 1.807) is 24.3 Å². The fraction of sp³-hybridized carbons (Fsp3) is 0.105. The van der Waals surface area contributed by atoms with E-state index in [0.29, 0.717) is 16.3 Å². The molecule has 25 heavy (non-hydrogen) atoms. The standard InChI is InChI=1S/C19H15ClN2O3/c20-17-9-8-12(11-21-17)10-16(19(24)25)22-18(23)15-7-3-5-13-4-1-2-6-14(13)15/h1-9,11,16H,10H2,(H,22,23)(H,24,25)/t16-/m1/s1. The van der Waals surface area contributed by atoms with Crippen LogP contribution in [0.2, 0.25) is 5.15 Å². The minimum Gasteiger partial charge on any atom is -0.480 e. The molecule has 2 aromatic carbocycles. The van der Waals surface area contributed by atoms with Crippen LogP contribution in [0, 0.1) is 0 Å². The molecule has 1 aromatic heterocycles. The van der Waals surface area contributed by atoms with Crippen molar-refractivity contribution < 1.29 is 14.7 Å². The lowest BCUT2D eigenvalue weighted by atomic mass is 10.0. The third kappa shape index (κ3) is 3.95. The highest BCUT2D eigenvalue weighted by Gasteiger charge is 2.22. The van der Waals surface area contributed by atoms with Gasteiger partial charge in [-0.1, -0.05) is 54.1 Å². The zero-order valence-corrected chi connectivity index (χ0v) is 13.9. The van der Waals surface area contributed by atoms with Gasteiger partial charge in [-0.3, -0.25) is 4.79 Å². The Hall–Kier alpha value is -2.92. The van der Waals surface area contributed by atoms with Gasteiger partial charge in [-0.2, -0.15) is 0 Å². The highest BCUT2D eigenvalue weighted by Crippen LogP contribution is 2.18. The van der Waals surface area contributed by atoms with E-state index in [2.05, 4.69) is 10.3 Å². The third-order valence-electron chi connectivity index (χ3n) is 3.87. The summed E-state index contributed by atoms with van der Waals surface area (Å²) in [4.78, 5) is 28.1. The van der Waals surface area contributed by atoms with E-state index in [4.69, 9.17) is 11.6 Å². The molecule has 0 spiro atoms. The highest BCUT2D eigenvalue weighted by atomic mass is 35.5. The Morgan fingerprint density at radius 1 is 1.08 bits per heavy atom. The molecule has 0 aliphatic heterocycles. The van der Waals surface area contributed by atoms with Gasteiger partial charge >= 0.3 is 5.97 Å². The van der Waals surface area contributed by atoms with Crippen molar-refractivity contribution in [1.29, 1.82) is 0 Å². The second-order valence-electron chi connectivity index (χ2n) is 5.58. The summed E-state index contributed by atoms with van der Waals surface area (Å²) in [5.41, 5.74) is 1.12. The maximum Gasteiger partial charge on any atom is 0.326 e. The molecule has 0 fully saturated rings. The van der Waals surface area contributed by atoms with Crippen LogP contribution in [-0.2, 0) is 11.2 Å². The van der Waals surface area contributed by atoms with Crippen molar-refractivity contribution in [3.05, 3.63) is 77.1 Å². The van der Waals surface area contributed by atoms with Gasteiger partial charge in [0.1, 0.15) is 11.2 Å². The summed E-state index contributed by atoms with van der Waals surface area (Å²) in [7, 11) is 0. The number of aliphatic carboxylic acids is 1. The zero-order chi connectivity index (χ0) is 17.8. The first-order valence-electron chi connectivity index (χ1n) is 7.66. The number of aromatic nitrogens is 1. The van der Waals surface area contributed by atoms with Crippen molar-refractivity contribution in [3.63, 3.8) is 0 Å². The molecular weight excluding hydrogens is 340 g/mol. The van der Waals surface area contributed by atoms with Gasteiger partial charge in [0.05, 0.1) is 0 Å². The monoisotopic (exact) mass is 354 g/mol. The molecule has 0 bridgehead atoms. The lowest BCUT2D eigenvalue weighted by Crippen LogP contribution is -2.42. The van der Waals surface area contributed by atoms with Crippen LogP contribution in [0.5, 0.6) is 0 Å². The molecule has 0 saturated carbocycles. The summed E-state index contributed by atoms with van der Waals surface area (Å²) in [6.07, 6.45) is 1.62. The topological polar surface area (TPSA) is 79.3 Å². The second-order valence-corrected chi connectivity index (χ2v) is 5.97. The van der Waals surface area contributed by atoms with Gasteiger partial charge in [-0.15, -0.1) is 0 Å². The van der Waals surface area contributed by atoms with Crippen LogP contribution >= 0.6 is 11.6 Å². The molecule has 6 heteroatoms. The number of pyridine rings is 1. The summed E-state index contributed by atoms with van der Waals surface area (Å²) in [6, 6.07) is 15.0. The van der Waals surface area contributed by atoms with E-state index >= 15 is 0 Å². The summed E-state index contributed by atoms with van der Waals surface area (Å²) in [6.45, 7) is 0. The lowest BCUT2D eigenvalue weighted by Gasteiger charge is -2.15. The lowest BCUT2D eigenvalue weighted by molar-refractivity contribution is -0.139. The van der Waals surface area contributed by atoms with Crippen molar-refractivity contribution in [3.8, 4) is 0 Å². The van der Waals surface area contributed by atoms with Crippen molar-refractivity contribution in [1.82, 2.24) is 10.3 Å². The van der Waals surface area contributed by atoms with Gasteiger partial charge < -0.3 is 10.4 Å². The van der Waals surface area contributed by atoms with Crippen molar-refractivity contribution >= 4 is 34.2 Å². The molecule has 3 rings (SSSR count). The van der Waals surface area contributed by atoms with Crippen molar-refractivity contribution in [2.24, 2.45) is 0 Å². The van der Waals surface area contributed by atoms with Gasteiger partial charge in [0.25, 0.3) is 5.91 Å². The number of nitrogens with one attached hydrogen (secondary N) is 1. The molecule has 0 radical (unpaired) electrons. The Labute approximate surface area is 149 Å². The number of amides is 1. The smallest absolute Gasteiger partial charge is 0.326 e. The maximum atomic E-state index is 12.6. The first-order chi connectivity index (χ1) is 12.0. The Morgan fingerprint density at radius 2 is 1.84 bits per heavy atom. The average molecular weight is 355 g/mol. The van der Waals surface area contributed by atoms with E-state index in [9.17, 15) is 14.7 Å². The third-order valence-corrected chi connectivity index (χ3v) is 4.09. The summed E-state index contributed by atoms with van der Waals surface area (Å²) in [5, 5.41) is 14.1. The number of carboxylic acids is 1. The van der Waals surface area contributed by atoms with Crippen LogP contribution < -0.4 is 5.32 Å². The fourth-order valence-electron chi connectivity index (χ4n) is 2.62. The second kappa shape index (κ2) is 7.32. The number of fused-ring (bicyclic) bond motifs is 1. The number of halogens is 1. The molecule has 126 valence electrons. The Kier molecular flexibility index (Phi) is 4.95. The Bertz CT molecular complexity index is 920. The van der Waals surface area contributed by atoms with Crippen LogP contribution in [-0.4, -0.2) is 28.0 Å². The van der Waals surface area contributed by atoms with E-state index in [1.807, 2.05) is 30.3 Å². The first-order valence-corrected chi connectivity index (χ1v) is 8.04. The number of benzene rings is 2. The fourth-order valence-corrected chi connectivity index (χ4v) is 2.73. The molecule has 1 atom stereocenters.